The molecule has 6 rings (SSSR count). The largest absolute Gasteiger partial charge is 0.489 e. The summed E-state index contributed by atoms with van der Waals surface area (Å²) in [6.45, 7) is 2.21. The molecule has 0 aliphatic heterocycles. The Morgan fingerprint density at radius 1 is 1.21 bits per heavy atom. The zero-order valence-corrected chi connectivity index (χ0v) is 22.5. The molecule has 2 aromatic carbocycles. The van der Waals surface area contributed by atoms with Crippen LogP contribution >= 0.6 is 23.2 Å². The second-order valence-electron chi connectivity index (χ2n) is 10.2. The van der Waals surface area contributed by atoms with Crippen molar-refractivity contribution in [3.63, 3.8) is 0 Å². The number of carbonyl (C=O) groups is 1. The number of carboxylic acid groups (broad SMARTS) is 1. The highest BCUT2D eigenvalue weighted by molar-refractivity contribution is 6.33. The predicted molar refractivity (Wildman–Crippen MR) is 145 cm³/mol. The molecule has 7 nitrogen and oxygen atoms in total. The van der Waals surface area contributed by atoms with Gasteiger partial charge in [-0.3, -0.25) is 4.98 Å². The van der Waals surface area contributed by atoms with E-state index in [0.29, 0.717) is 45.0 Å². The summed E-state index contributed by atoms with van der Waals surface area (Å²) in [6.07, 6.45) is 5.53. The number of aryl methyl sites for hydroxylation is 1. The molecule has 2 aromatic heterocycles. The molecule has 2 heterocycles. The number of halogens is 2. The molecule has 39 heavy (non-hydrogen) atoms. The van der Waals surface area contributed by atoms with Gasteiger partial charge < -0.3 is 14.4 Å². The van der Waals surface area contributed by atoms with Crippen LogP contribution in [0, 0.1) is 18.3 Å². The smallest absolute Gasteiger partial charge is 0.337 e. The third-order valence-electron chi connectivity index (χ3n) is 7.60. The summed E-state index contributed by atoms with van der Waals surface area (Å²) in [6, 6.07) is 15.0. The van der Waals surface area contributed by atoms with Gasteiger partial charge >= 0.3 is 5.97 Å². The minimum absolute atomic E-state index is 0.0896. The van der Waals surface area contributed by atoms with Crippen molar-refractivity contribution >= 4 is 29.2 Å². The normalized spacial score (nSPS) is 19.9. The van der Waals surface area contributed by atoms with Gasteiger partial charge in [0.1, 0.15) is 23.8 Å². The minimum atomic E-state index is -1.06. The summed E-state index contributed by atoms with van der Waals surface area (Å²) < 4.78 is 11.9. The van der Waals surface area contributed by atoms with Crippen molar-refractivity contribution in [1.29, 1.82) is 5.26 Å². The van der Waals surface area contributed by atoms with Gasteiger partial charge in [-0.05, 0) is 67.1 Å². The molecule has 2 fully saturated rings. The molecule has 196 valence electrons. The fraction of sp³-hybridized carbons (Fsp3) is 0.267. The number of pyridine rings is 1. The number of hydrogen-bond donors (Lipinski definition) is 1. The number of nitrogens with zero attached hydrogens (tertiary/aromatic N) is 3. The van der Waals surface area contributed by atoms with Gasteiger partial charge in [0.15, 0.2) is 0 Å². The number of aromatic carboxylic acids is 1. The summed E-state index contributed by atoms with van der Waals surface area (Å²) in [4.78, 5) is 15.4. The first kappa shape index (κ1) is 25.4. The lowest BCUT2D eigenvalue weighted by Gasteiger charge is -2.14. The van der Waals surface area contributed by atoms with Gasteiger partial charge in [0.2, 0.25) is 0 Å². The average Bonchev–Trinajstić information content (AvgIpc) is 3.85. The second-order valence-corrected chi connectivity index (χ2v) is 11.0. The summed E-state index contributed by atoms with van der Waals surface area (Å²) in [5, 5.41) is 24.8. The maximum absolute atomic E-state index is 11.4. The molecule has 9 heteroatoms. The quantitative estimate of drug-likeness (QED) is 0.238. The van der Waals surface area contributed by atoms with Crippen LogP contribution in [-0.2, 0) is 12.0 Å². The van der Waals surface area contributed by atoms with E-state index in [1.165, 1.54) is 6.20 Å². The first-order chi connectivity index (χ1) is 18.8. The monoisotopic (exact) mass is 559 g/mol. The predicted octanol–water partition coefficient (Wildman–Crippen LogP) is 7.46. The van der Waals surface area contributed by atoms with E-state index in [-0.39, 0.29) is 18.1 Å². The van der Waals surface area contributed by atoms with Crippen molar-refractivity contribution < 1.29 is 19.2 Å². The molecule has 2 unspecified atom stereocenters. The van der Waals surface area contributed by atoms with Crippen molar-refractivity contribution in [2.24, 2.45) is 0 Å². The van der Waals surface area contributed by atoms with Crippen molar-refractivity contribution in [3.05, 3.63) is 98.5 Å². The SMILES string of the molecule is Cc1cccc(Cl)c1-c1noc(C2CC2)c1COc1ccc(C2(C#N)CC2c2cncc(C(=O)O)c2)c(Cl)c1. The van der Waals surface area contributed by atoms with E-state index in [1.54, 1.807) is 24.4 Å². The van der Waals surface area contributed by atoms with Crippen molar-refractivity contribution in [3.8, 4) is 23.1 Å². The highest BCUT2D eigenvalue weighted by Gasteiger charge is 2.58. The van der Waals surface area contributed by atoms with Gasteiger partial charge in [0.05, 0.1) is 27.6 Å². The lowest BCUT2D eigenvalue weighted by Crippen LogP contribution is -2.09. The van der Waals surface area contributed by atoms with Crippen LogP contribution in [0.5, 0.6) is 5.75 Å². The molecule has 0 saturated heterocycles. The highest BCUT2D eigenvalue weighted by atomic mass is 35.5. The Balaban J connectivity index is 1.26. The van der Waals surface area contributed by atoms with Crippen molar-refractivity contribution in [2.45, 2.75) is 50.0 Å². The van der Waals surface area contributed by atoms with Crippen LogP contribution < -0.4 is 4.74 Å². The van der Waals surface area contributed by atoms with Crippen LogP contribution in [0.1, 0.15) is 69.5 Å². The van der Waals surface area contributed by atoms with Crippen molar-refractivity contribution in [1.82, 2.24) is 10.1 Å². The van der Waals surface area contributed by atoms with E-state index in [1.807, 2.05) is 31.2 Å². The lowest BCUT2D eigenvalue weighted by atomic mass is 9.92. The fourth-order valence-corrected chi connectivity index (χ4v) is 5.92. The van der Waals surface area contributed by atoms with Crippen molar-refractivity contribution in [2.75, 3.05) is 0 Å². The number of nitriles is 1. The molecule has 1 N–H and O–H groups in total. The van der Waals surface area contributed by atoms with Crippen LogP contribution in [0.2, 0.25) is 10.0 Å². The summed E-state index contributed by atoms with van der Waals surface area (Å²) in [7, 11) is 0. The van der Waals surface area contributed by atoms with E-state index in [9.17, 15) is 15.2 Å². The first-order valence-corrected chi connectivity index (χ1v) is 13.3. The van der Waals surface area contributed by atoms with E-state index < -0.39 is 11.4 Å². The molecule has 2 aliphatic rings. The molecule has 0 spiro atoms. The molecule has 0 amide bonds. The van der Waals surface area contributed by atoms with E-state index in [0.717, 1.165) is 35.3 Å². The molecule has 0 radical (unpaired) electrons. The Morgan fingerprint density at radius 2 is 2.03 bits per heavy atom. The molecule has 2 aliphatic carbocycles. The maximum atomic E-state index is 11.4. The van der Waals surface area contributed by atoms with Gasteiger partial charge in [0, 0.05) is 34.8 Å². The van der Waals surface area contributed by atoms with Gasteiger partial charge in [0.25, 0.3) is 0 Å². The Morgan fingerprint density at radius 3 is 2.72 bits per heavy atom. The van der Waals surface area contributed by atoms with Crippen LogP contribution in [-0.4, -0.2) is 21.2 Å². The van der Waals surface area contributed by atoms with E-state index >= 15 is 0 Å². The zero-order chi connectivity index (χ0) is 27.3. The van der Waals surface area contributed by atoms with Gasteiger partial charge in [-0.15, -0.1) is 0 Å². The van der Waals surface area contributed by atoms with Crippen LogP contribution in [0.25, 0.3) is 11.3 Å². The van der Waals surface area contributed by atoms with Gasteiger partial charge in [-0.25, -0.2) is 4.79 Å². The van der Waals surface area contributed by atoms with E-state index in [4.69, 9.17) is 32.5 Å². The number of aromatic nitrogens is 2. The van der Waals surface area contributed by atoms with E-state index in [2.05, 4.69) is 16.2 Å². The maximum Gasteiger partial charge on any atom is 0.337 e. The topological polar surface area (TPSA) is 109 Å². The highest BCUT2D eigenvalue weighted by Crippen LogP contribution is 2.61. The number of rotatable bonds is 8. The fourth-order valence-electron chi connectivity index (χ4n) is 5.27. The minimum Gasteiger partial charge on any atom is -0.489 e. The summed E-state index contributed by atoms with van der Waals surface area (Å²) in [5.41, 5.74) is 4.01. The molecular weight excluding hydrogens is 537 g/mol. The average molecular weight is 560 g/mol. The third-order valence-corrected chi connectivity index (χ3v) is 8.23. The number of carboxylic acids is 1. The van der Waals surface area contributed by atoms with Gasteiger partial charge in [-0.1, -0.05) is 46.6 Å². The third kappa shape index (κ3) is 4.54. The summed E-state index contributed by atoms with van der Waals surface area (Å²) in [5.74, 6) is 0.451. The molecule has 2 atom stereocenters. The van der Waals surface area contributed by atoms with Crippen LogP contribution in [0.15, 0.2) is 59.4 Å². The van der Waals surface area contributed by atoms with Gasteiger partial charge in [-0.2, -0.15) is 5.26 Å². The standard InChI is InChI=1S/C30H23Cl2N3O4/c1-16-3-2-4-24(31)26(16)27-21(28(39-35-27)17-5-6-17)14-38-20-7-8-22(25(32)10-20)30(15-33)11-23(30)18-9-19(29(36)37)13-34-12-18/h2-4,7-10,12-13,17,23H,5-6,11,14H2,1H3,(H,36,37). The zero-order valence-electron chi connectivity index (χ0n) is 20.9. The molecular formula is C30H23Cl2N3O4. The van der Waals surface area contributed by atoms with Crippen LogP contribution in [0.3, 0.4) is 0 Å². The summed E-state index contributed by atoms with van der Waals surface area (Å²) >= 11 is 13.2. The number of hydrogen-bond acceptors (Lipinski definition) is 6. The second kappa shape index (κ2) is 9.71. The Kier molecular flexibility index (Phi) is 6.33. The Hall–Kier alpha value is -3.86. The molecule has 4 aromatic rings. The van der Waals surface area contributed by atoms with Crippen LogP contribution in [0.4, 0.5) is 0 Å². The Labute approximate surface area is 234 Å². The number of ether oxygens (including phenoxy) is 1. The lowest BCUT2D eigenvalue weighted by molar-refractivity contribution is 0.0696. The number of benzene rings is 2. The Bertz CT molecular complexity index is 1640. The molecule has 0 bridgehead atoms. The first-order valence-electron chi connectivity index (χ1n) is 12.6. The molecule has 2 saturated carbocycles.